The molecule has 2 aliphatic heterocycles. The molecule has 5 aromatic rings. The molecule has 1 unspecified atom stereocenters. The van der Waals surface area contributed by atoms with E-state index in [-0.39, 0.29) is 29.2 Å². The van der Waals surface area contributed by atoms with Gasteiger partial charge in [0.2, 0.25) is 0 Å². The summed E-state index contributed by atoms with van der Waals surface area (Å²) in [6.07, 6.45) is 4.37. The van der Waals surface area contributed by atoms with E-state index < -0.39 is 5.82 Å². The van der Waals surface area contributed by atoms with E-state index in [9.17, 15) is 9.65 Å². The highest BCUT2D eigenvalue weighted by molar-refractivity contribution is 7.23. The van der Waals surface area contributed by atoms with Crippen LogP contribution in [0.1, 0.15) is 59.9 Å². The van der Waals surface area contributed by atoms with Gasteiger partial charge in [0.15, 0.2) is 5.82 Å². The molecular weight excluding hydrogens is 617 g/mol. The summed E-state index contributed by atoms with van der Waals surface area (Å²) in [4.78, 5) is 16.6. The Morgan fingerprint density at radius 3 is 2.84 bits per heavy atom. The van der Waals surface area contributed by atoms with E-state index in [4.69, 9.17) is 36.8 Å². The lowest BCUT2D eigenvalue weighted by Gasteiger charge is -2.20. The van der Waals surface area contributed by atoms with Gasteiger partial charge in [-0.25, -0.2) is 9.37 Å². The number of nitriles is 1. The predicted molar refractivity (Wildman–Crippen MR) is 170 cm³/mol. The van der Waals surface area contributed by atoms with Gasteiger partial charge in [-0.3, -0.25) is 5.10 Å². The minimum atomic E-state index is -0.449. The number of aromatic amines is 1. The third kappa shape index (κ3) is 4.84. The van der Waals surface area contributed by atoms with Crippen molar-refractivity contribution < 1.29 is 13.9 Å². The van der Waals surface area contributed by atoms with Gasteiger partial charge < -0.3 is 25.4 Å². The second-order valence-corrected chi connectivity index (χ2v) is 13.3. The lowest BCUT2D eigenvalue weighted by atomic mass is 9.91. The molecule has 2 fully saturated rings. The minimum Gasteiger partial charge on any atom is -0.462 e. The van der Waals surface area contributed by atoms with Crippen molar-refractivity contribution in [3.8, 4) is 23.2 Å². The number of nitrogen functional groups attached to an aromatic ring is 1. The number of anilines is 2. The van der Waals surface area contributed by atoms with E-state index in [1.807, 2.05) is 0 Å². The van der Waals surface area contributed by atoms with Crippen LogP contribution in [0.25, 0.3) is 32.1 Å². The third-order valence-corrected chi connectivity index (χ3v) is 10.4. The number of fused-ring (bicyclic) bond motifs is 4. The van der Waals surface area contributed by atoms with Crippen LogP contribution >= 0.6 is 22.9 Å². The fourth-order valence-electron chi connectivity index (χ4n) is 6.43. The fraction of sp³-hybridized carbons (Fsp3) is 0.387. The maximum Gasteiger partial charge on any atom is 0.319 e. The molecule has 0 radical (unpaired) electrons. The summed E-state index contributed by atoms with van der Waals surface area (Å²) < 4.78 is 27.5. The van der Waals surface area contributed by atoms with Crippen LogP contribution in [0, 0.1) is 17.1 Å². The monoisotopic (exact) mass is 645 g/mol. The Labute approximate surface area is 266 Å². The number of nitrogens with one attached hydrogen (secondary N) is 2. The van der Waals surface area contributed by atoms with Crippen molar-refractivity contribution in [1.29, 1.82) is 5.26 Å². The molecule has 2 aromatic carbocycles. The number of rotatable bonds is 8. The van der Waals surface area contributed by atoms with E-state index in [0.717, 1.165) is 60.5 Å². The van der Waals surface area contributed by atoms with Crippen molar-refractivity contribution in [2.45, 2.75) is 57.4 Å². The number of halogens is 2. The second-order valence-electron chi connectivity index (χ2n) is 11.8. The molecule has 1 saturated heterocycles. The molecule has 1 aliphatic carbocycles. The van der Waals surface area contributed by atoms with E-state index in [2.05, 4.69) is 38.5 Å². The molecular formula is C31H29ClFN9O2S. The van der Waals surface area contributed by atoms with Gasteiger partial charge in [-0.15, -0.1) is 11.3 Å². The molecule has 3 aromatic heterocycles. The van der Waals surface area contributed by atoms with Gasteiger partial charge in [-0.05, 0) is 62.0 Å². The number of aromatic nitrogens is 5. The lowest BCUT2D eigenvalue weighted by molar-refractivity contribution is 0.135. The van der Waals surface area contributed by atoms with Crippen molar-refractivity contribution in [3.63, 3.8) is 0 Å². The smallest absolute Gasteiger partial charge is 0.319 e. The molecule has 4 N–H and O–H groups in total. The van der Waals surface area contributed by atoms with Crippen molar-refractivity contribution in [1.82, 2.24) is 30.0 Å². The quantitative estimate of drug-likeness (QED) is 0.187. The lowest BCUT2D eigenvalue weighted by Crippen LogP contribution is -2.31. The number of benzene rings is 2. The average Bonchev–Trinajstić information content (AvgIpc) is 3.35. The van der Waals surface area contributed by atoms with Gasteiger partial charge in [0.05, 0.1) is 45.9 Å². The number of H-pyrrole nitrogens is 1. The van der Waals surface area contributed by atoms with E-state index in [1.54, 1.807) is 6.07 Å². The molecule has 0 spiro atoms. The number of thiophene rings is 1. The zero-order chi connectivity index (χ0) is 30.8. The van der Waals surface area contributed by atoms with Crippen LogP contribution in [0.5, 0.6) is 6.01 Å². The summed E-state index contributed by atoms with van der Waals surface area (Å²) in [5, 5.41) is 22.5. The molecule has 0 amide bonds. The fourth-order valence-corrected chi connectivity index (χ4v) is 7.74. The largest absolute Gasteiger partial charge is 0.462 e. The Balaban J connectivity index is 1.29. The SMILES string of the molecule is CN1CCCC1COc1nc(NCc2nc(C3CC3)n[nH]2)c2c3c(c(-c4ccc(F)c5sc(N)c(C#N)c45)c(Cl)c2n1)COC3. The predicted octanol–water partition coefficient (Wildman–Crippen LogP) is 5.87. The van der Waals surface area contributed by atoms with E-state index >= 15 is 0 Å². The van der Waals surface area contributed by atoms with Gasteiger partial charge in [0, 0.05) is 22.9 Å². The number of likely N-dealkylation sites (tertiary alicyclic amines) is 1. The number of hydrogen-bond acceptors (Lipinski definition) is 11. The molecule has 14 heteroatoms. The highest BCUT2D eigenvalue weighted by Crippen LogP contribution is 2.49. The van der Waals surface area contributed by atoms with Crippen molar-refractivity contribution in [3.05, 3.63) is 51.3 Å². The highest BCUT2D eigenvalue weighted by atomic mass is 35.5. The van der Waals surface area contributed by atoms with Crippen LogP contribution in [-0.4, -0.2) is 56.3 Å². The van der Waals surface area contributed by atoms with Gasteiger partial charge in [-0.1, -0.05) is 17.7 Å². The number of likely N-dealkylation sites (N-methyl/N-ethyl adjacent to an activating group) is 1. The number of hydrogen-bond donors (Lipinski definition) is 3. The van der Waals surface area contributed by atoms with E-state index in [0.29, 0.717) is 74.5 Å². The Morgan fingerprint density at radius 2 is 2.07 bits per heavy atom. The van der Waals surface area contributed by atoms with Crippen LogP contribution in [0.2, 0.25) is 5.02 Å². The average molecular weight is 646 g/mol. The second kappa shape index (κ2) is 11.1. The molecule has 8 rings (SSSR count). The zero-order valence-electron chi connectivity index (χ0n) is 24.4. The van der Waals surface area contributed by atoms with Gasteiger partial charge in [-0.2, -0.15) is 20.3 Å². The first-order valence-electron chi connectivity index (χ1n) is 14.9. The Hall–Kier alpha value is -4.09. The maximum atomic E-state index is 15.0. The summed E-state index contributed by atoms with van der Waals surface area (Å²) in [6.45, 7) is 2.38. The van der Waals surface area contributed by atoms with Crippen LogP contribution in [0.15, 0.2) is 12.1 Å². The van der Waals surface area contributed by atoms with Gasteiger partial charge >= 0.3 is 6.01 Å². The summed E-state index contributed by atoms with van der Waals surface area (Å²) >= 11 is 8.34. The van der Waals surface area contributed by atoms with Gasteiger partial charge in [0.25, 0.3) is 0 Å². The molecule has 11 nitrogen and oxygen atoms in total. The van der Waals surface area contributed by atoms with Crippen LogP contribution in [0.4, 0.5) is 15.2 Å². The molecule has 1 atom stereocenters. The molecule has 3 aliphatic rings. The Morgan fingerprint density at radius 1 is 1.22 bits per heavy atom. The summed E-state index contributed by atoms with van der Waals surface area (Å²) in [7, 11) is 2.09. The normalized spacial score (nSPS) is 18.1. The standard InChI is InChI=1S/C31H29ClFN9O2S/c1-42-8-2-3-15(42)11-44-31-38-26-24(30(39-31)36-10-21-37-29(41-40-21)14-4-5-14)19-13-43-12-18(19)22(25(26)32)16-6-7-20(33)27-23(16)17(9-34)28(35)45-27/h6-7,14-15H,2-5,8,10-13,35H2,1H3,(H,36,38,39)(H,37,40,41). The third-order valence-electron chi connectivity index (χ3n) is 8.97. The number of nitrogens with zero attached hydrogens (tertiary/aromatic N) is 6. The first kappa shape index (κ1) is 28.4. The summed E-state index contributed by atoms with van der Waals surface area (Å²) in [5.74, 6) is 2.05. The molecule has 1 saturated carbocycles. The van der Waals surface area contributed by atoms with Crippen molar-refractivity contribution >= 4 is 54.7 Å². The van der Waals surface area contributed by atoms with Gasteiger partial charge in [0.1, 0.15) is 35.1 Å². The van der Waals surface area contributed by atoms with E-state index in [1.165, 1.54) is 6.07 Å². The van der Waals surface area contributed by atoms with Crippen molar-refractivity contribution in [2.75, 3.05) is 31.2 Å². The van der Waals surface area contributed by atoms with Crippen molar-refractivity contribution in [2.24, 2.45) is 0 Å². The molecule has 230 valence electrons. The van der Waals surface area contributed by atoms with Crippen LogP contribution in [0.3, 0.4) is 0 Å². The van der Waals surface area contributed by atoms with Crippen LogP contribution < -0.4 is 15.8 Å². The maximum absolute atomic E-state index is 15.0. The Kier molecular flexibility index (Phi) is 6.98. The molecule has 5 heterocycles. The molecule has 0 bridgehead atoms. The summed E-state index contributed by atoms with van der Waals surface area (Å²) in [6, 6.07) is 5.63. The Bertz CT molecular complexity index is 2040. The molecule has 45 heavy (non-hydrogen) atoms. The number of ether oxygens (including phenoxy) is 2. The first-order chi connectivity index (χ1) is 21.9. The first-order valence-corrected chi connectivity index (χ1v) is 16.1. The topological polar surface area (TPSA) is 151 Å². The zero-order valence-corrected chi connectivity index (χ0v) is 26.0. The highest BCUT2D eigenvalue weighted by Gasteiger charge is 2.31. The minimum absolute atomic E-state index is 0.190. The van der Waals surface area contributed by atoms with Crippen LogP contribution in [-0.2, 0) is 24.5 Å². The summed E-state index contributed by atoms with van der Waals surface area (Å²) in [5.41, 5.74) is 9.79. The number of nitrogens with two attached hydrogens (primary N) is 1.